The standard InChI is InChI=1S/C13H23N3O3S2.ClH/c1-9(2)13(4,8-14)15-12(17)10(3)16-21(18,19)11-6-5-7-20-11;/h5-7,9-10,16H,8,14H2,1-4H3,(H,15,17);1H. The molecule has 4 N–H and O–H groups in total. The third-order valence-electron chi connectivity index (χ3n) is 3.59. The average molecular weight is 370 g/mol. The molecule has 0 radical (unpaired) electrons. The van der Waals surface area contributed by atoms with Gasteiger partial charge in [0.15, 0.2) is 0 Å². The van der Waals surface area contributed by atoms with Crippen molar-refractivity contribution in [3.63, 3.8) is 0 Å². The Morgan fingerprint density at radius 3 is 2.41 bits per heavy atom. The normalized spacial score (nSPS) is 15.7. The molecule has 0 saturated carbocycles. The summed E-state index contributed by atoms with van der Waals surface area (Å²) in [5.74, 6) is -0.260. The summed E-state index contributed by atoms with van der Waals surface area (Å²) < 4.78 is 26.7. The molecule has 0 aromatic carbocycles. The van der Waals surface area contributed by atoms with Crippen molar-refractivity contribution in [1.29, 1.82) is 0 Å². The first-order valence-corrected chi connectivity index (χ1v) is 9.06. The molecule has 1 rings (SSSR count). The average Bonchev–Trinajstić information content (AvgIpc) is 2.92. The van der Waals surface area contributed by atoms with Crippen LogP contribution in [0, 0.1) is 5.92 Å². The number of hydrogen-bond acceptors (Lipinski definition) is 5. The molecule has 1 amide bonds. The Morgan fingerprint density at radius 2 is 2.00 bits per heavy atom. The second kappa shape index (κ2) is 8.26. The molecule has 2 atom stereocenters. The van der Waals surface area contributed by atoms with Crippen LogP contribution in [0.2, 0.25) is 0 Å². The van der Waals surface area contributed by atoms with Crippen LogP contribution in [0.1, 0.15) is 27.7 Å². The van der Waals surface area contributed by atoms with Crippen LogP contribution < -0.4 is 15.8 Å². The number of carbonyl (C=O) groups is 1. The first-order valence-electron chi connectivity index (χ1n) is 6.70. The van der Waals surface area contributed by atoms with Gasteiger partial charge in [0.1, 0.15) is 4.21 Å². The van der Waals surface area contributed by atoms with E-state index in [-0.39, 0.29) is 29.1 Å². The molecule has 6 nitrogen and oxygen atoms in total. The Labute approximate surface area is 142 Å². The molecule has 1 aromatic heterocycles. The molecule has 0 aliphatic heterocycles. The van der Waals surface area contributed by atoms with E-state index in [1.165, 1.54) is 13.0 Å². The van der Waals surface area contributed by atoms with Gasteiger partial charge in [-0.2, -0.15) is 4.72 Å². The van der Waals surface area contributed by atoms with Crippen LogP contribution in [0.3, 0.4) is 0 Å². The zero-order chi connectivity index (χ0) is 16.3. The lowest BCUT2D eigenvalue weighted by Gasteiger charge is -2.34. The summed E-state index contributed by atoms with van der Waals surface area (Å²) in [7, 11) is -3.67. The molecule has 9 heteroatoms. The van der Waals surface area contributed by atoms with Gasteiger partial charge in [0.2, 0.25) is 5.91 Å². The SMILES string of the molecule is CC(NS(=O)(=O)c1cccs1)C(=O)NC(C)(CN)C(C)C.Cl. The second-order valence-corrected chi connectivity index (χ2v) is 8.43. The minimum atomic E-state index is -3.67. The molecule has 0 saturated heterocycles. The molecule has 0 spiro atoms. The molecule has 0 aliphatic rings. The van der Waals surface area contributed by atoms with Crippen molar-refractivity contribution in [2.45, 2.75) is 43.5 Å². The monoisotopic (exact) mass is 369 g/mol. The van der Waals surface area contributed by atoms with Crippen molar-refractivity contribution in [2.24, 2.45) is 11.7 Å². The highest BCUT2D eigenvalue weighted by molar-refractivity contribution is 7.91. The van der Waals surface area contributed by atoms with Gasteiger partial charge in [0.25, 0.3) is 10.0 Å². The van der Waals surface area contributed by atoms with Gasteiger partial charge >= 0.3 is 0 Å². The zero-order valence-electron chi connectivity index (χ0n) is 13.1. The second-order valence-electron chi connectivity index (χ2n) is 5.54. The highest BCUT2D eigenvalue weighted by Gasteiger charge is 2.31. The van der Waals surface area contributed by atoms with E-state index in [0.717, 1.165) is 11.3 Å². The maximum atomic E-state index is 12.2. The third-order valence-corrected chi connectivity index (χ3v) is 6.53. The van der Waals surface area contributed by atoms with Crippen LogP contribution in [0.25, 0.3) is 0 Å². The third kappa shape index (κ3) is 5.20. The van der Waals surface area contributed by atoms with E-state index >= 15 is 0 Å². The number of nitrogens with one attached hydrogen (secondary N) is 2. The van der Waals surface area contributed by atoms with Crippen molar-refractivity contribution in [2.75, 3.05) is 6.54 Å². The highest BCUT2D eigenvalue weighted by atomic mass is 35.5. The first kappa shape index (κ1) is 21.3. The fourth-order valence-corrected chi connectivity index (χ4v) is 3.79. The zero-order valence-corrected chi connectivity index (χ0v) is 15.6. The summed E-state index contributed by atoms with van der Waals surface area (Å²) in [5, 5.41) is 4.49. The molecule has 128 valence electrons. The van der Waals surface area contributed by atoms with Crippen LogP contribution in [0.5, 0.6) is 0 Å². The van der Waals surface area contributed by atoms with Gasteiger partial charge in [-0.3, -0.25) is 4.79 Å². The van der Waals surface area contributed by atoms with Gasteiger partial charge in [-0.25, -0.2) is 8.42 Å². The van der Waals surface area contributed by atoms with E-state index < -0.39 is 27.5 Å². The molecular weight excluding hydrogens is 346 g/mol. The topological polar surface area (TPSA) is 101 Å². The maximum absolute atomic E-state index is 12.2. The van der Waals surface area contributed by atoms with Crippen LogP contribution in [-0.2, 0) is 14.8 Å². The molecule has 22 heavy (non-hydrogen) atoms. The van der Waals surface area contributed by atoms with Gasteiger partial charge in [-0.15, -0.1) is 23.7 Å². The fourth-order valence-electron chi connectivity index (χ4n) is 1.58. The van der Waals surface area contributed by atoms with Crippen molar-refractivity contribution in [1.82, 2.24) is 10.0 Å². The maximum Gasteiger partial charge on any atom is 0.250 e. The van der Waals surface area contributed by atoms with E-state index in [9.17, 15) is 13.2 Å². The van der Waals surface area contributed by atoms with Crippen LogP contribution in [-0.4, -0.2) is 32.5 Å². The van der Waals surface area contributed by atoms with E-state index in [4.69, 9.17) is 5.73 Å². The van der Waals surface area contributed by atoms with Gasteiger partial charge in [-0.05, 0) is 31.2 Å². The number of amides is 1. The van der Waals surface area contributed by atoms with Crippen LogP contribution >= 0.6 is 23.7 Å². The Kier molecular flexibility index (Phi) is 8.01. The summed E-state index contributed by atoms with van der Waals surface area (Å²) in [6.45, 7) is 7.54. The lowest BCUT2D eigenvalue weighted by molar-refractivity contribution is -0.124. The largest absolute Gasteiger partial charge is 0.348 e. The highest BCUT2D eigenvalue weighted by Crippen LogP contribution is 2.17. The van der Waals surface area contributed by atoms with Gasteiger partial charge in [-0.1, -0.05) is 19.9 Å². The van der Waals surface area contributed by atoms with Crippen molar-refractivity contribution >= 4 is 39.7 Å². The number of carbonyl (C=O) groups excluding carboxylic acids is 1. The molecule has 0 bridgehead atoms. The molecule has 0 aliphatic carbocycles. The summed E-state index contributed by atoms with van der Waals surface area (Å²) in [6, 6.07) is 2.27. The Hall–Kier alpha value is -0.670. The van der Waals surface area contributed by atoms with E-state index in [1.807, 2.05) is 20.8 Å². The van der Waals surface area contributed by atoms with Crippen LogP contribution in [0.4, 0.5) is 0 Å². The molecule has 1 aromatic rings. The van der Waals surface area contributed by atoms with Crippen LogP contribution in [0.15, 0.2) is 21.7 Å². The summed E-state index contributed by atoms with van der Waals surface area (Å²) in [4.78, 5) is 12.2. The quantitative estimate of drug-likeness (QED) is 0.674. The van der Waals surface area contributed by atoms with Gasteiger partial charge in [0.05, 0.1) is 11.6 Å². The lowest BCUT2D eigenvalue weighted by Crippen LogP contribution is -2.59. The van der Waals surface area contributed by atoms with Crippen molar-refractivity contribution in [3.8, 4) is 0 Å². The summed E-state index contributed by atoms with van der Waals surface area (Å²) in [6.07, 6.45) is 0. The minimum Gasteiger partial charge on any atom is -0.348 e. The molecule has 2 unspecified atom stereocenters. The Morgan fingerprint density at radius 1 is 1.41 bits per heavy atom. The minimum absolute atomic E-state index is 0. The number of nitrogens with two attached hydrogens (primary N) is 1. The number of rotatable bonds is 7. The predicted molar refractivity (Wildman–Crippen MR) is 91.8 cm³/mol. The lowest BCUT2D eigenvalue weighted by atomic mass is 9.88. The smallest absolute Gasteiger partial charge is 0.250 e. The summed E-state index contributed by atoms with van der Waals surface area (Å²) in [5.41, 5.74) is 5.14. The Balaban J connectivity index is 0.00000441. The van der Waals surface area contributed by atoms with Gasteiger partial charge in [0, 0.05) is 6.54 Å². The Bertz CT molecular complexity index is 575. The van der Waals surface area contributed by atoms with E-state index in [2.05, 4.69) is 10.0 Å². The van der Waals surface area contributed by atoms with E-state index in [1.54, 1.807) is 11.4 Å². The molecular formula is C13H24ClN3O3S2. The van der Waals surface area contributed by atoms with E-state index in [0.29, 0.717) is 0 Å². The van der Waals surface area contributed by atoms with Crippen molar-refractivity contribution in [3.05, 3.63) is 17.5 Å². The number of sulfonamides is 1. The van der Waals surface area contributed by atoms with Gasteiger partial charge < -0.3 is 11.1 Å². The predicted octanol–water partition coefficient (Wildman–Crippen LogP) is 1.33. The summed E-state index contributed by atoms with van der Waals surface area (Å²) >= 11 is 1.10. The van der Waals surface area contributed by atoms with Crippen molar-refractivity contribution < 1.29 is 13.2 Å². The number of halogens is 1. The number of hydrogen-bond donors (Lipinski definition) is 3. The fraction of sp³-hybridized carbons (Fsp3) is 0.615. The number of thiophene rings is 1. The molecule has 0 fully saturated rings. The molecule has 1 heterocycles. The first-order chi connectivity index (χ1) is 9.62.